The number of hydrogen-bond donors (Lipinski definition) is 2. The number of methoxy groups -OCH3 is 1. The van der Waals surface area contributed by atoms with Crippen LogP contribution in [0.1, 0.15) is 28.3 Å². The van der Waals surface area contributed by atoms with Gasteiger partial charge in [0.05, 0.1) is 25.3 Å². The second-order valence-electron chi connectivity index (χ2n) is 5.99. The third-order valence-electron chi connectivity index (χ3n) is 4.38. The van der Waals surface area contributed by atoms with E-state index in [-0.39, 0.29) is 11.1 Å². The van der Waals surface area contributed by atoms with Gasteiger partial charge in [-0.05, 0) is 13.8 Å². The van der Waals surface area contributed by atoms with Crippen LogP contribution >= 0.6 is 11.6 Å². The van der Waals surface area contributed by atoms with Gasteiger partial charge in [0.1, 0.15) is 16.7 Å². The Morgan fingerprint density at radius 2 is 2.16 bits per heavy atom. The van der Waals surface area contributed by atoms with Crippen molar-refractivity contribution in [2.45, 2.75) is 26.3 Å². The highest BCUT2D eigenvalue weighted by Gasteiger charge is 2.37. The summed E-state index contributed by atoms with van der Waals surface area (Å²) in [5.41, 5.74) is 14.5. The molecule has 25 heavy (non-hydrogen) atoms. The molecule has 0 bridgehead atoms. The van der Waals surface area contributed by atoms with E-state index in [2.05, 4.69) is 15.0 Å². The number of hydrogen-bond acceptors (Lipinski definition) is 7. The molecule has 1 aliphatic rings. The Morgan fingerprint density at radius 1 is 1.44 bits per heavy atom. The summed E-state index contributed by atoms with van der Waals surface area (Å²) in [5, 5.41) is 0.153. The van der Waals surface area contributed by atoms with Crippen LogP contribution in [0.3, 0.4) is 0 Å². The van der Waals surface area contributed by atoms with Gasteiger partial charge in [0.2, 0.25) is 11.9 Å². The Balaban J connectivity index is 2.02. The Morgan fingerprint density at radius 3 is 2.80 bits per heavy atom. The summed E-state index contributed by atoms with van der Waals surface area (Å²) in [6.07, 6.45) is 1.75. The molecule has 0 aromatic carbocycles. The highest BCUT2D eigenvalue weighted by Crippen LogP contribution is 2.40. The van der Waals surface area contributed by atoms with Crippen LogP contribution in [0.15, 0.2) is 6.20 Å². The van der Waals surface area contributed by atoms with Crippen LogP contribution in [0.4, 0.5) is 11.8 Å². The first-order valence-electron chi connectivity index (χ1n) is 7.69. The van der Waals surface area contributed by atoms with E-state index in [0.29, 0.717) is 24.5 Å². The third-order valence-corrected chi connectivity index (χ3v) is 4.67. The molecule has 1 amide bonds. The number of primary amides is 1. The average molecular weight is 363 g/mol. The number of nitrogen functional groups attached to an aromatic ring is 1. The predicted molar refractivity (Wildman–Crippen MR) is 94.7 cm³/mol. The standard InChI is InChI=1S/C16H19ClN6O2/c1-7-4-20-10(8(2)12(7)25-3)6-23-5-9(14(18)24)11-13(17)21-16(19)22-15(11)23/h4,9H,5-6H2,1-3H3,(H2,18,24)(H2,19,21,22). The van der Waals surface area contributed by atoms with Crippen molar-refractivity contribution in [2.75, 3.05) is 24.3 Å². The molecule has 0 spiro atoms. The smallest absolute Gasteiger partial charge is 0.227 e. The lowest BCUT2D eigenvalue weighted by atomic mass is 10.0. The first-order valence-corrected chi connectivity index (χ1v) is 8.07. The van der Waals surface area contributed by atoms with Crippen molar-refractivity contribution in [3.63, 3.8) is 0 Å². The van der Waals surface area contributed by atoms with Crippen molar-refractivity contribution in [3.05, 3.63) is 33.7 Å². The van der Waals surface area contributed by atoms with E-state index in [4.69, 9.17) is 27.8 Å². The number of rotatable bonds is 4. The number of carbonyl (C=O) groups is 1. The maximum atomic E-state index is 11.8. The molecule has 0 radical (unpaired) electrons. The van der Waals surface area contributed by atoms with Gasteiger partial charge >= 0.3 is 0 Å². The van der Waals surface area contributed by atoms with Crippen LogP contribution < -0.4 is 21.1 Å². The summed E-state index contributed by atoms with van der Waals surface area (Å²) in [4.78, 5) is 26.4. The van der Waals surface area contributed by atoms with Gasteiger partial charge in [-0.2, -0.15) is 4.98 Å². The minimum atomic E-state index is -0.587. The van der Waals surface area contributed by atoms with E-state index >= 15 is 0 Å². The summed E-state index contributed by atoms with van der Waals surface area (Å²) in [6, 6.07) is 0. The van der Waals surface area contributed by atoms with Crippen LogP contribution in [0, 0.1) is 13.8 Å². The third kappa shape index (κ3) is 2.93. The number of carbonyl (C=O) groups excluding carboxylic acids is 1. The molecule has 0 saturated heterocycles. The van der Waals surface area contributed by atoms with Gasteiger partial charge in [-0.25, -0.2) is 4.98 Å². The molecule has 8 nitrogen and oxygen atoms in total. The van der Waals surface area contributed by atoms with Crippen molar-refractivity contribution in [1.82, 2.24) is 15.0 Å². The van der Waals surface area contributed by atoms with Gasteiger partial charge in [-0.1, -0.05) is 11.6 Å². The topological polar surface area (TPSA) is 120 Å². The van der Waals surface area contributed by atoms with Crippen molar-refractivity contribution in [1.29, 1.82) is 0 Å². The van der Waals surface area contributed by atoms with E-state index in [1.54, 1.807) is 13.3 Å². The fourth-order valence-electron chi connectivity index (χ4n) is 3.17. The molecule has 0 aliphatic carbocycles. The van der Waals surface area contributed by atoms with Gasteiger partial charge in [-0.3, -0.25) is 9.78 Å². The van der Waals surface area contributed by atoms with Crippen molar-refractivity contribution >= 4 is 29.3 Å². The molecule has 132 valence electrons. The fourth-order valence-corrected chi connectivity index (χ4v) is 3.47. The number of fused-ring (bicyclic) bond motifs is 1. The highest BCUT2D eigenvalue weighted by atomic mass is 35.5. The van der Waals surface area contributed by atoms with Gasteiger partial charge in [-0.15, -0.1) is 0 Å². The zero-order valence-corrected chi connectivity index (χ0v) is 15.0. The number of pyridine rings is 1. The molecular weight excluding hydrogens is 344 g/mol. The van der Waals surface area contributed by atoms with Gasteiger partial charge in [0, 0.05) is 29.4 Å². The fraction of sp³-hybridized carbons (Fsp3) is 0.375. The average Bonchev–Trinajstić information content (AvgIpc) is 2.90. The number of nitrogens with two attached hydrogens (primary N) is 2. The second kappa shape index (κ2) is 6.36. The molecule has 2 aromatic rings. The number of ether oxygens (including phenoxy) is 1. The van der Waals surface area contributed by atoms with E-state index in [0.717, 1.165) is 22.6 Å². The van der Waals surface area contributed by atoms with Gasteiger partial charge < -0.3 is 21.1 Å². The lowest BCUT2D eigenvalue weighted by Crippen LogP contribution is -2.28. The monoisotopic (exact) mass is 362 g/mol. The number of amides is 1. The second-order valence-corrected chi connectivity index (χ2v) is 6.35. The number of nitrogens with zero attached hydrogens (tertiary/aromatic N) is 4. The van der Waals surface area contributed by atoms with Crippen LogP contribution in [-0.4, -0.2) is 34.5 Å². The number of aromatic nitrogens is 3. The summed E-state index contributed by atoms with van der Waals surface area (Å²) in [7, 11) is 1.63. The first-order chi connectivity index (χ1) is 11.8. The number of anilines is 2. The minimum Gasteiger partial charge on any atom is -0.496 e. The Hall–Kier alpha value is -2.61. The Bertz CT molecular complexity index is 857. The summed E-state index contributed by atoms with van der Waals surface area (Å²) in [5.74, 6) is 0.282. The Kier molecular flexibility index (Phi) is 4.38. The van der Waals surface area contributed by atoms with E-state index in [1.165, 1.54) is 0 Å². The summed E-state index contributed by atoms with van der Waals surface area (Å²) >= 11 is 6.18. The summed E-state index contributed by atoms with van der Waals surface area (Å²) < 4.78 is 5.45. The molecule has 9 heteroatoms. The van der Waals surface area contributed by atoms with Gasteiger partial charge in [0.15, 0.2) is 0 Å². The Labute approximate surface area is 150 Å². The van der Waals surface area contributed by atoms with E-state index in [1.807, 2.05) is 18.7 Å². The van der Waals surface area contributed by atoms with E-state index in [9.17, 15) is 4.79 Å². The SMILES string of the molecule is COc1c(C)cnc(CN2CC(C(N)=O)c3c(Cl)nc(N)nc32)c1C. The molecule has 0 saturated carbocycles. The minimum absolute atomic E-state index is 0.0463. The molecule has 3 rings (SSSR count). The maximum Gasteiger partial charge on any atom is 0.227 e. The maximum absolute atomic E-state index is 11.8. The van der Waals surface area contributed by atoms with Crippen molar-refractivity contribution in [2.24, 2.45) is 5.73 Å². The van der Waals surface area contributed by atoms with Crippen LogP contribution in [-0.2, 0) is 11.3 Å². The predicted octanol–water partition coefficient (Wildman–Crippen LogP) is 1.32. The molecule has 1 unspecified atom stereocenters. The lowest BCUT2D eigenvalue weighted by Gasteiger charge is -2.20. The quantitative estimate of drug-likeness (QED) is 0.787. The molecule has 1 aliphatic heterocycles. The molecular formula is C16H19ClN6O2. The van der Waals surface area contributed by atoms with Crippen LogP contribution in [0.5, 0.6) is 5.75 Å². The molecule has 2 aromatic heterocycles. The van der Waals surface area contributed by atoms with Crippen LogP contribution in [0.2, 0.25) is 5.15 Å². The molecule has 3 heterocycles. The molecule has 0 fully saturated rings. The zero-order valence-electron chi connectivity index (χ0n) is 14.2. The van der Waals surface area contributed by atoms with Gasteiger partial charge in [0.25, 0.3) is 0 Å². The van der Waals surface area contributed by atoms with Crippen molar-refractivity contribution < 1.29 is 9.53 Å². The number of aryl methyl sites for hydroxylation is 1. The summed E-state index contributed by atoms with van der Waals surface area (Å²) in [6.45, 7) is 4.65. The largest absolute Gasteiger partial charge is 0.496 e. The van der Waals surface area contributed by atoms with Crippen LogP contribution in [0.25, 0.3) is 0 Å². The first kappa shape index (κ1) is 17.2. The molecule has 4 N–H and O–H groups in total. The normalized spacial score (nSPS) is 16.0. The zero-order chi connectivity index (χ0) is 18.3. The van der Waals surface area contributed by atoms with Crippen molar-refractivity contribution in [3.8, 4) is 5.75 Å². The molecule has 1 atom stereocenters. The number of halogens is 1. The van der Waals surface area contributed by atoms with E-state index < -0.39 is 11.8 Å². The lowest BCUT2D eigenvalue weighted by molar-refractivity contribution is -0.119. The highest BCUT2D eigenvalue weighted by molar-refractivity contribution is 6.31.